The van der Waals surface area contributed by atoms with Crippen LogP contribution in [0.1, 0.15) is 19.5 Å². The lowest BCUT2D eigenvalue weighted by atomic mass is 10.2. The first-order valence-electron chi connectivity index (χ1n) is 4.51. The predicted molar refractivity (Wildman–Crippen MR) is 54.3 cm³/mol. The smallest absolute Gasteiger partial charge is 0.309 e. The highest BCUT2D eigenvalue weighted by molar-refractivity contribution is 5.70. The lowest BCUT2D eigenvalue weighted by Gasteiger charge is -2.09. The van der Waals surface area contributed by atoms with Gasteiger partial charge in [-0.2, -0.15) is 0 Å². The zero-order valence-corrected chi connectivity index (χ0v) is 8.32. The molecule has 0 bridgehead atoms. The summed E-state index contributed by atoms with van der Waals surface area (Å²) >= 11 is 0. The number of carbonyl (C=O) groups is 1. The number of aromatic nitrogens is 1. The van der Waals surface area contributed by atoms with Crippen LogP contribution in [-0.4, -0.2) is 22.1 Å². The Balaban J connectivity index is 2.73. The topological polar surface area (TPSA) is 62.2 Å². The molecule has 1 aromatic heterocycles. The molecule has 0 unspecified atom stereocenters. The summed E-state index contributed by atoms with van der Waals surface area (Å²) in [5.74, 6) is -0.862. The maximum absolute atomic E-state index is 10.4. The first-order chi connectivity index (χ1) is 6.58. The van der Waals surface area contributed by atoms with Gasteiger partial charge >= 0.3 is 5.97 Å². The van der Waals surface area contributed by atoms with Gasteiger partial charge in [-0.25, -0.2) is 0 Å². The van der Waals surface area contributed by atoms with E-state index in [-0.39, 0.29) is 6.42 Å². The Morgan fingerprint density at radius 2 is 2.36 bits per heavy atom. The third kappa shape index (κ3) is 3.43. The Hall–Kier alpha value is -1.58. The number of hydrogen-bond donors (Lipinski definition) is 2. The summed E-state index contributed by atoms with van der Waals surface area (Å²) in [4.78, 5) is 14.4. The molecule has 0 saturated carbocycles. The van der Waals surface area contributed by atoms with E-state index in [1.165, 1.54) is 0 Å². The van der Waals surface area contributed by atoms with E-state index in [0.717, 1.165) is 5.69 Å². The fourth-order valence-corrected chi connectivity index (χ4v) is 1.15. The van der Waals surface area contributed by atoms with E-state index >= 15 is 0 Å². The first-order valence-corrected chi connectivity index (χ1v) is 4.51. The summed E-state index contributed by atoms with van der Waals surface area (Å²) in [6.45, 7) is 4.05. The van der Waals surface area contributed by atoms with Crippen molar-refractivity contribution in [3.63, 3.8) is 0 Å². The van der Waals surface area contributed by atoms with Crippen molar-refractivity contribution in [2.75, 3.05) is 5.32 Å². The fourth-order valence-electron chi connectivity index (χ4n) is 1.15. The van der Waals surface area contributed by atoms with Gasteiger partial charge in [-0.3, -0.25) is 9.78 Å². The lowest BCUT2D eigenvalue weighted by Crippen LogP contribution is -2.10. The van der Waals surface area contributed by atoms with Crippen LogP contribution in [0.15, 0.2) is 18.3 Å². The molecular weight excluding hydrogens is 180 g/mol. The lowest BCUT2D eigenvalue weighted by molar-refractivity contribution is -0.136. The SMILES string of the molecule is CC(C)Nc1ccnc(CC(=O)O)c1. The molecule has 0 aliphatic rings. The molecule has 0 atom stereocenters. The van der Waals surface area contributed by atoms with E-state index in [1.54, 1.807) is 12.3 Å². The molecule has 0 fully saturated rings. The fraction of sp³-hybridized carbons (Fsp3) is 0.400. The molecule has 1 heterocycles. The molecule has 1 rings (SSSR count). The standard InChI is InChI=1S/C10H14N2O2/c1-7(2)12-8-3-4-11-9(5-8)6-10(13)14/h3-5,7H,6H2,1-2H3,(H,11,12)(H,13,14). The van der Waals surface area contributed by atoms with Gasteiger partial charge in [0.2, 0.25) is 0 Å². The van der Waals surface area contributed by atoms with Gasteiger partial charge in [0.1, 0.15) is 0 Å². The highest BCUT2D eigenvalue weighted by atomic mass is 16.4. The number of pyridine rings is 1. The molecule has 4 heteroatoms. The van der Waals surface area contributed by atoms with Crippen molar-refractivity contribution in [1.82, 2.24) is 4.98 Å². The Kier molecular flexibility index (Phi) is 3.45. The van der Waals surface area contributed by atoms with Crippen LogP contribution >= 0.6 is 0 Å². The molecule has 0 saturated heterocycles. The minimum atomic E-state index is -0.862. The number of nitrogens with zero attached hydrogens (tertiary/aromatic N) is 1. The zero-order valence-electron chi connectivity index (χ0n) is 8.32. The minimum Gasteiger partial charge on any atom is -0.481 e. The molecule has 0 amide bonds. The number of carboxylic acids is 1. The molecule has 1 aromatic rings. The predicted octanol–water partition coefficient (Wildman–Crippen LogP) is 1.53. The number of anilines is 1. The summed E-state index contributed by atoms with van der Waals surface area (Å²) in [6.07, 6.45) is 1.58. The van der Waals surface area contributed by atoms with Crippen molar-refractivity contribution in [1.29, 1.82) is 0 Å². The van der Waals surface area contributed by atoms with Gasteiger partial charge in [0.25, 0.3) is 0 Å². The average molecular weight is 194 g/mol. The number of hydrogen-bond acceptors (Lipinski definition) is 3. The van der Waals surface area contributed by atoms with Gasteiger partial charge in [-0.15, -0.1) is 0 Å². The van der Waals surface area contributed by atoms with Crippen LogP contribution in [0.2, 0.25) is 0 Å². The van der Waals surface area contributed by atoms with E-state index < -0.39 is 5.97 Å². The van der Waals surface area contributed by atoms with Crippen molar-refractivity contribution < 1.29 is 9.90 Å². The molecule has 76 valence electrons. The third-order valence-electron chi connectivity index (χ3n) is 1.60. The van der Waals surface area contributed by atoms with Crippen LogP contribution in [0.5, 0.6) is 0 Å². The Morgan fingerprint density at radius 3 is 2.93 bits per heavy atom. The van der Waals surface area contributed by atoms with Crippen molar-refractivity contribution in [3.05, 3.63) is 24.0 Å². The number of rotatable bonds is 4. The average Bonchev–Trinajstić information content (AvgIpc) is 2.01. The first kappa shape index (κ1) is 10.5. The second-order valence-corrected chi connectivity index (χ2v) is 3.41. The maximum Gasteiger partial charge on any atom is 0.309 e. The molecular formula is C10H14N2O2. The Bertz CT molecular complexity index is 324. The monoisotopic (exact) mass is 194 g/mol. The van der Waals surface area contributed by atoms with Gasteiger partial charge in [-0.1, -0.05) is 0 Å². The summed E-state index contributed by atoms with van der Waals surface area (Å²) in [5, 5.41) is 11.8. The highest BCUT2D eigenvalue weighted by Gasteiger charge is 2.03. The Morgan fingerprint density at radius 1 is 1.64 bits per heavy atom. The van der Waals surface area contributed by atoms with Gasteiger partial charge in [-0.05, 0) is 26.0 Å². The summed E-state index contributed by atoms with van der Waals surface area (Å²) < 4.78 is 0. The van der Waals surface area contributed by atoms with Crippen molar-refractivity contribution in [2.24, 2.45) is 0 Å². The van der Waals surface area contributed by atoms with E-state index in [0.29, 0.717) is 11.7 Å². The third-order valence-corrected chi connectivity index (χ3v) is 1.60. The Labute approximate surface area is 83.0 Å². The molecule has 0 radical (unpaired) electrons. The van der Waals surface area contributed by atoms with Crippen molar-refractivity contribution in [3.8, 4) is 0 Å². The van der Waals surface area contributed by atoms with Crippen molar-refractivity contribution in [2.45, 2.75) is 26.3 Å². The van der Waals surface area contributed by atoms with E-state index in [1.807, 2.05) is 19.9 Å². The van der Waals surface area contributed by atoms with Gasteiger partial charge in [0, 0.05) is 17.9 Å². The second-order valence-electron chi connectivity index (χ2n) is 3.41. The maximum atomic E-state index is 10.4. The van der Waals surface area contributed by atoms with Crippen LogP contribution < -0.4 is 5.32 Å². The number of carboxylic acid groups (broad SMARTS) is 1. The second kappa shape index (κ2) is 4.60. The molecule has 2 N–H and O–H groups in total. The number of nitrogens with one attached hydrogen (secondary N) is 1. The largest absolute Gasteiger partial charge is 0.481 e. The van der Waals surface area contributed by atoms with Crippen LogP contribution in [0.3, 0.4) is 0 Å². The highest BCUT2D eigenvalue weighted by Crippen LogP contribution is 2.09. The van der Waals surface area contributed by atoms with Gasteiger partial charge in [0.05, 0.1) is 12.1 Å². The van der Waals surface area contributed by atoms with Crippen LogP contribution in [0.4, 0.5) is 5.69 Å². The molecule has 4 nitrogen and oxygen atoms in total. The quantitative estimate of drug-likeness (QED) is 0.763. The van der Waals surface area contributed by atoms with Crippen LogP contribution in [0.25, 0.3) is 0 Å². The molecule has 0 spiro atoms. The minimum absolute atomic E-state index is 0.0341. The van der Waals surface area contributed by atoms with Gasteiger partial charge in [0.15, 0.2) is 0 Å². The summed E-state index contributed by atoms with van der Waals surface area (Å²) in [7, 11) is 0. The normalized spacial score (nSPS) is 10.2. The summed E-state index contributed by atoms with van der Waals surface area (Å²) in [6, 6.07) is 3.91. The summed E-state index contributed by atoms with van der Waals surface area (Å²) in [5.41, 5.74) is 1.48. The number of aliphatic carboxylic acids is 1. The van der Waals surface area contributed by atoms with Crippen molar-refractivity contribution >= 4 is 11.7 Å². The molecule has 14 heavy (non-hydrogen) atoms. The molecule has 0 aliphatic carbocycles. The zero-order chi connectivity index (χ0) is 10.6. The van der Waals surface area contributed by atoms with E-state index in [4.69, 9.17) is 5.11 Å². The molecule has 0 aliphatic heterocycles. The molecule has 0 aromatic carbocycles. The van der Waals surface area contributed by atoms with Crippen LogP contribution in [-0.2, 0) is 11.2 Å². The van der Waals surface area contributed by atoms with Gasteiger partial charge < -0.3 is 10.4 Å². The van der Waals surface area contributed by atoms with Crippen LogP contribution in [0, 0.1) is 0 Å². The van der Waals surface area contributed by atoms with E-state index in [2.05, 4.69) is 10.3 Å². The van der Waals surface area contributed by atoms with E-state index in [9.17, 15) is 4.79 Å².